The lowest BCUT2D eigenvalue weighted by Gasteiger charge is -2.34. The minimum absolute atomic E-state index is 0.0178. The van der Waals surface area contributed by atoms with Gasteiger partial charge in [-0.2, -0.15) is 5.10 Å². The van der Waals surface area contributed by atoms with E-state index in [0.717, 1.165) is 6.42 Å². The van der Waals surface area contributed by atoms with Crippen molar-refractivity contribution in [3.05, 3.63) is 47.0 Å². The third kappa shape index (κ3) is 3.55. The second-order valence-corrected chi connectivity index (χ2v) is 6.24. The molecule has 7 nitrogen and oxygen atoms in total. The van der Waals surface area contributed by atoms with Crippen molar-refractivity contribution in [2.45, 2.75) is 20.3 Å². The Kier molecular flexibility index (Phi) is 4.83. The maximum absolute atomic E-state index is 12.6. The largest absolute Gasteiger partial charge is 0.335 e. The number of amides is 2. The summed E-state index contributed by atoms with van der Waals surface area (Å²) in [5.74, 6) is 0.800. The summed E-state index contributed by atoms with van der Waals surface area (Å²) in [4.78, 5) is 32.9. The molecule has 0 unspecified atom stereocenters. The predicted octanol–water partition coefficient (Wildman–Crippen LogP) is 1.28. The summed E-state index contributed by atoms with van der Waals surface area (Å²) < 4.78 is 1.50. The number of benzene rings is 1. The zero-order valence-electron chi connectivity index (χ0n) is 14.9. The van der Waals surface area contributed by atoms with Gasteiger partial charge in [-0.3, -0.25) is 9.59 Å². The van der Waals surface area contributed by atoms with Gasteiger partial charge in [0.25, 0.3) is 11.8 Å². The van der Waals surface area contributed by atoms with Gasteiger partial charge < -0.3 is 9.80 Å². The van der Waals surface area contributed by atoms with Crippen LogP contribution in [0.1, 0.15) is 39.3 Å². The third-order valence-corrected chi connectivity index (χ3v) is 4.52. The molecule has 0 spiro atoms. The van der Waals surface area contributed by atoms with E-state index in [0.29, 0.717) is 43.4 Å². The minimum atomic E-state index is -0.137. The number of carbonyl (C=O) groups is 2. The standard InChI is InChI=1S/C18H23N5O2/c1-4-14-5-7-15(8-6-14)17(24)22-9-11-23(12-10-22)18(25)16-19-13(2)20-21(16)3/h5-8H,4,9-12H2,1-3H3. The van der Waals surface area contributed by atoms with E-state index in [2.05, 4.69) is 17.0 Å². The van der Waals surface area contributed by atoms with Crippen molar-refractivity contribution in [3.8, 4) is 0 Å². The lowest BCUT2D eigenvalue weighted by molar-refractivity contribution is 0.0526. The van der Waals surface area contributed by atoms with Crippen molar-refractivity contribution in [1.29, 1.82) is 0 Å². The van der Waals surface area contributed by atoms with E-state index in [4.69, 9.17) is 0 Å². The van der Waals surface area contributed by atoms with Crippen LogP contribution >= 0.6 is 0 Å². The van der Waals surface area contributed by atoms with Gasteiger partial charge in [0.2, 0.25) is 5.82 Å². The summed E-state index contributed by atoms with van der Waals surface area (Å²) in [5.41, 5.74) is 1.91. The number of carbonyl (C=O) groups excluding carboxylic acids is 2. The lowest BCUT2D eigenvalue weighted by Crippen LogP contribution is -2.51. The zero-order chi connectivity index (χ0) is 18.0. The molecule has 2 amide bonds. The Labute approximate surface area is 147 Å². The highest BCUT2D eigenvalue weighted by atomic mass is 16.2. The van der Waals surface area contributed by atoms with Crippen LogP contribution in [0.4, 0.5) is 0 Å². The van der Waals surface area contributed by atoms with Crippen LogP contribution in [0, 0.1) is 6.92 Å². The van der Waals surface area contributed by atoms with Crippen LogP contribution < -0.4 is 0 Å². The molecule has 1 fully saturated rings. The van der Waals surface area contributed by atoms with Crippen LogP contribution in [0.15, 0.2) is 24.3 Å². The number of aryl methyl sites for hydroxylation is 3. The molecule has 2 heterocycles. The third-order valence-electron chi connectivity index (χ3n) is 4.52. The second kappa shape index (κ2) is 7.04. The Bertz CT molecular complexity index is 773. The van der Waals surface area contributed by atoms with Gasteiger partial charge in [0.1, 0.15) is 5.82 Å². The second-order valence-electron chi connectivity index (χ2n) is 6.24. The number of aromatic nitrogens is 3. The van der Waals surface area contributed by atoms with E-state index >= 15 is 0 Å². The topological polar surface area (TPSA) is 71.3 Å². The molecular weight excluding hydrogens is 318 g/mol. The number of hydrogen-bond acceptors (Lipinski definition) is 4. The first-order chi connectivity index (χ1) is 12.0. The Balaban J connectivity index is 1.62. The van der Waals surface area contributed by atoms with Crippen molar-refractivity contribution in [1.82, 2.24) is 24.6 Å². The summed E-state index contributed by atoms with van der Waals surface area (Å²) >= 11 is 0. The monoisotopic (exact) mass is 341 g/mol. The highest BCUT2D eigenvalue weighted by molar-refractivity contribution is 5.95. The fourth-order valence-corrected chi connectivity index (χ4v) is 3.02. The van der Waals surface area contributed by atoms with E-state index < -0.39 is 0 Å². The lowest BCUT2D eigenvalue weighted by atomic mass is 10.1. The maximum Gasteiger partial charge on any atom is 0.291 e. The molecule has 2 aromatic rings. The SMILES string of the molecule is CCc1ccc(C(=O)N2CCN(C(=O)c3nc(C)nn3C)CC2)cc1. The van der Waals surface area contributed by atoms with Gasteiger partial charge in [0.05, 0.1) is 0 Å². The quantitative estimate of drug-likeness (QED) is 0.843. The van der Waals surface area contributed by atoms with Gasteiger partial charge in [-0.25, -0.2) is 9.67 Å². The molecule has 1 aliphatic heterocycles. The molecule has 1 aliphatic rings. The normalized spacial score (nSPS) is 14.7. The summed E-state index contributed by atoms with van der Waals surface area (Å²) in [6.45, 7) is 5.91. The first-order valence-corrected chi connectivity index (χ1v) is 8.54. The van der Waals surface area contributed by atoms with Crippen molar-refractivity contribution in [2.24, 2.45) is 7.05 Å². The van der Waals surface area contributed by atoms with Crippen LogP contribution in [-0.2, 0) is 13.5 Å². The van der Waals surface area contributed by atoms with Crippen molar-refractivity contribution in [3.63, 3.8) is 0 Å². The number of piperazine rings is 1. The van der Waals surface area contributed by atoms with E-state index in [-0.39, 0.29) is 11.8 Å². The van der Waals surface area contributed by atoms with Crippen molar-refractivity contribution < 1.29 is 9.59 Å². The fraction of sp³-hybridized carbons (Fsp3) is 0.444. The van der Waals surface area contributed by atoms with E-state index in [1.54, 1.807) is 23.8 Å². The van der Waals surface area contributed by atoms with Crippen LogP contribution in [0.3, 0.4) is 0 Å². The Morgan fingerprint density at radius 2 is 1.56 bits per heavy atom. The van der Waals surface area contributed by atoms with Crippen LogP contribution in [0.2, 0.25) is 0 Å². The summed E-state index contributed by atoms with van der Waals surface area (Å²) in [6.07, 6.45) is 0.955. The number of hydrogen-bond donors (Lipinski definition) is 0. The molecule has 132 valence electrons. The van der Waals surface area contributed by atoms with Gasteiger partial charge in [-0.1, -0.05) is 19.1 Å². The molecule has 7 heteroatoms. The first kappa shape index (κ1) is 17.1. The van der Waals surface area contributed by atoms with Gasteiger partial charge in [-0.05, 0) is 31.0 Å². The maximum atomic E-state index is 12.6. The molecular formula is C18H23N5O2. The smallest absolute Gasteiger partial charge is 0.291 e. The van der Waals surface area contributed by atoms with Crippen molar-refractivity contribution >= 4 is 11.8 Å². The minimum Gasteiger partial charge on any atom is -0.335 e. The molecule has 0 atom stereocenters. The van der Waals surface area contributed by atoms with Gasteiger partial charge in [0, 0.05) is 38.8 Å². The molecule has 25 heavy (non-hydrogen) atoms. The molecule has 0 saturated carbocycles. The van der Waals surface area contributed by atoms with Gasteiger partial charge in [-0.15, -0.1) is 0 Å². The molecule has 0 aliphatic carbocycles. The fourth-order valence-electron chi connectivity index (χ4n) is 3.02. The average Bonchev–Trinajstić information content (AvgIpc) is 2.99. The van der Waals surface area contributed by atoms with Crippen LogP contribution in [-0.4, -0.2) is 62.6 Å². The Morgan fingerprint density at radius 1 is 1.00 bits per heavy atom. The van der Waals surface area contributed by atoms with Crippen LogP contribution in [0.25, 0.3) is 0 Å². The Hall–Kier alpha value is -2.70. The van der Waals surface area contributed by atoms with E-state index in [9.17, 15) is 9.59 Å². The average molecular weight is 341 g/mol. The first-order valence-electron chi connectivity index (χ1n) is 8.54. The number of rotatable bonds is 3. The zero-order valence-corrected chi connectivity index (χ0v) is 14.9. The summed E-state index contributed by atoms with van der Waals surface area (Å²) in [6, 6.07) is 7.73. The molecule has 3 rings (SSSR count). The molecule has 0 N–H and O–H groups in total. The summed E-state index contributed by atoms with van der Waals surface area (Å²) in [5, 5.41) is 4.12. The van der Waals surface area contributed by atoms with Crippen molar-refractivity contribution in [2.75, 3.05) is 26.2 Å². The highest BCUT2D eigenvalue weighted by Gasteiger charge is 2.27. The molecule has 1 aromatic heterocycles. The van der Waals surface area contributed by atoms with Gasteiger partial charge in [0.15, 0.2) is 0 Å². The van der Waals surface area contributed by atoms with E-state index in [1.165, 1.54) is 10.2 Å². The summed E-state index contributed by atoms with van der Waals surface area (Å²) in [7, 11) is 1.72. The molecule has 0 radical (unpaired) electrons. The van der Waals surface area contributed by atoms with Gasteiger partial charge >= 0.3 is 0 Å². The molecule has 1 aromatic carbocycles. The van der Waals surface area contributed by atoms with Crippen LogP contribution in [0.5, 0.6) is 0 Å². The molecule has 0 bridgehead atoms. The van der Waals surface area contributed by atoms with E-state index in [1.807, 2.05) is 24.3 Å². The number of nitrogens with zero attached hydrogens (tertiary/aromatic N) is 5. The molecule has 1 saturated heterocycles. The highest BCUT2D eigenvalue weighted by Crippen LogP contribution is 2.12. The predicted molar refractivity (Wildman–Crippen MR) is 93.4 cm³/mol. The Morgan fingerprint density at radius 3 is 2.04 bits per heavy atom.